The van der Waals surface area contributed by atoms with Gasteiger partial charge in [0.2, 0.25) is 0 Å². The molecule has 1 aromatic carbocycles. The second kappa shape index (κ2) is 3.68. The number of Topliss-reactive ketones (excluding diaryl/α,β-unsaturated/α-hetero) is 1. The molecule has 1 aliphatic heterocycles. The summed E-state index contributed by atoms with van der Waals surface area (Å²) in [4.78, 5) is 21.7. The van der Waals surface area contributed by atoms with Crippen molar-refractivity contribution in [3.8, 4) is 11.5 Å². The normalized spacial score (nSPS) is 13.4. The number of hydrogen-bond donors (Lipinski definition) is 0. The van der Waals surface area contributed by atoms with E-state index in [2.05, 4.69) is 5.18 Å². The van der Waals surface area contributed by atoms with Gasteiger partial charge in [-0.15, -0.1) is 4.91 Å². The number of ketones is 1. The molecule has 1 aliphatic rings. The van der Waals surface area contributed by atoms with E-state index in [1.807, 2.05) is 0 Å². The van der Waals surface area contributed by atoms with E-state index in [1.165, 1.54) is 19.1 Å². The summed E-state index contributed by atoms with van der Waals surface area (Å²) < 4.78 is 10.6. The summed E-state index contributed by atoms with van der Waals surface area (Å²) in [6.07, 6.45) is 0. The van der Waals surface area contributed by atoms with Crippen LogP contribution in [0.1, 0.15) is 17.3 Å². The Morgan fingerprint density at radius 2 is 1.87 bits per heavy atom. The van der Waals surface area contributed by atoms with Crippen LogP contribution in [0.15, 0.2) is 17.3 Å². The molecule has 0 radical (unpaired) electrons. The van der Waals surface area contributed by atoms with E-state index in [0.717, 1.165) is 0 Å². The first-order valence-corrected chi connectivity index (χ1v) is 4.50. The zero-order valence-corrected chi connectivity index (χ0v) is 8.15. The van der Waals surface area contributed by atoms with E-state index in [1.54, 1.807) is 0 Å². The van der Waals surface area contributed by atoms with E-state index in [0.29, 0.717) is 24.7 Å². The van der Waals surface area contributed by atoms with Crippen LogP contribution >= 0.6 is 0 Å². The summed E-state index contributed by atoms with van der Waals surface area (Å²) in [6.45, 7) is 2.25. The van der Waals surface area contributed by atoms with Crippen molar-refractivity contribution in [1.82, 2.24) is 0 Å². The molecule has 5 nitrogen and oxygen atoms in total. The number of carbonyl (C=O) groups is 1. The zero-order chi connectivity index (χ0) is 10.8. The second-order valence-corrected chi connectivity index (χ2v) is 3.16. The predicted molar refractivity (Wildman–Crippen MR) is 52.9 cm³/mol. The highest BCUT2D eigenvalue weighted by Crippen LogP contribution is 2.36. The Kier molecular flexibility index (Phi) is 2.37. The van der Waals surface area contributed by atoms with Crippen molar-refractivity contribution in [2.75, 3.05) is 13.2 Å². The molecule has 1 heterocycles. The lowest BCUT2D eigenvalue weighted by molar-refractivity contribution is 0.101. The van der Waals surface area contributed by atoms with Crippen molar-refractivity contribution in [2.45, 2.75) is 6.92 Å². The maximum Gasteiger partial charge on any atom is 0.163 e. The lowest BCUT2D eigenvalue weighted by Crippen LogP contribution is -2.15. The lowest BCUT2D eigenvalue weighted by atomic mass is 10.1. The van der Waals surface area contributed by atoms with Crippen molar-refractivity contribution in [3.63, 3.8) is 0 Å². The van der Waals surface area contributed by atoms with Gasteiger partial charge >= 0.3 is 0 Å². The van der Waals surface area contributed by atoms with Crippen molar-refractivity contribution in [2.24, 2.45) is 5.18 Å². The van der Waals surface area contributed by atoms with Gasteiger partial charge in [-0.1, -0.05) is 0 Å². The molecular weight excluding hydrogens is 198 g/mol. The van der Waals surface area contributed by atoms with Gasteiger partial charge in [0.15, 0.2) is 17.3 Å². The minimum Gasteiger partial charge on any atom is -0.486 e. The first-order valence-electron chi connectivity index (χ1n) is 4.50. The number of nitroso groups, excluding NO2 is 1. The van der Waals surface area contributed by atoms with Crippen LogP contribution in [-0.4, -0.2) is 19.0 Å². The zero-order valence-electron chi connectivity index (χ0n) is 8.15. The Bertz CT molecular complexity index is 428. The molecule has 0 amide bonds. The van der Waals surface area contributed by atoms with Gasteiger partial charge in [-0.05, 0) is 18.2 Å². The fourth-order valence-electron chi connectivity index (χ4n) is 1.44. The average Bonchev–Trinajstić information content (AvgIpc) is 2.27. The van der Waals surface area contributed by atoms with Crippen LogP contribution in [0.3, 0.4) is 0 Å². The van der Waals surface area contributed by atoms with Crippen LogP contribution < -0.4 is 9.47 Å². The Morgan fingerprint density at radius 1 is 1.27 bits per heavy atom. The summed E-state index contributed by atoms with van der Waals surface area (Å²) in [6, 6.07) is 2.92. The third kappa shape index (κ3) is 1.68. The number of hydrogen-bond acceptors (Lipinski definition) is 5. The monoisotopic (exact) mass is 207 g/mol. The quantitative estimate of drug-likeness (QED) is 0.550. The molecule has 0 saturated carbocycles. The van der Waals surface area contributed by atoms with Crippen molar-refractivity contribution >= 4 is 11.5 Å². The highest BCUT2D eigenvalue weighted by atomic mass is 16.6. The van der Waals surface area contributed by atoms with Gasteiger partial charge in [0.25, 0.3) is 0 Å². The standard InChI is InChI=1S/C10H9NO4/c1-6(12)7-4-9-10(5-8(7)11-13)15-3-2-14-9/h4-5H,2-3H2,1H3. The molecule has 0 aliphatic carbocycles. The maximum absolute atomic E-state index is 11.2. The van der Waals surface area contributed by atoms with Crippen molar-refractivity contribution in [3.05, 3.63) is 22.6 Å². The van der Waals surface area contributed by atoms with Crippen LogP contribution in [0.25, 0.3) is 0 Å². The van der Waals surface area contributed by atoms with Crippen LogP contribution in [-0.2, 0) is 0 Å². The van der Waals surface area contributed by atoms with Gasteiger partial charge in [-0.2, -0.15) is 0 Å². The Balaban J connectivity index is 2.56. The molecule has 0 fully saturated rings. The maximum atomic E-state index is 11.2. The molecule has 78 valence electrons. The molecule has 1 aromatic rings. The molecule has 0 aromatic heterocycles. The van der Waals surface area contributed by atoms with Gasteiger partial charge in [-0.25, -0.2) is 0 Å². The molecule has 0 N–H and O–H groups in total. The van der Waals surface area contributed by atoms with Crippen LogP contribution in [0, 0.1) is 4.91 Å². The minimum atomic E-state index is -0.221. The summed E-state index contributed by atoms with van der Waals surface area (Å²) in [5.41, 5.74) is 0.348. The molecule has 0 unspecified atom stereocenters. The van der Waals surface area contributed by atoms with Gasteiger partial charge in [-0.3, -0.25) is 4.79 Å². The van der Waals surface area contributed by atoms with Crippen LogP contribution in [0.5, 0.6) is 11.5 Å². The van der Waals surface area contributed by atoms with Crippen molar-refractivity contribution < 1.29 is 14.3 Å². The first-order chi connectivity index (χ1) is 7.22. The molecule has 0 saturated heterocycles. The number of nitrogens with zero attached hydrogens (tertiary/aromatic N) is 1. The van der Waals surface area contributed by atoms with Crippen LogP contribution in [0.2, 0.25) is 0 Å². The highest BCUT2D eigenvalue weighted by molar-refractivity contribution is 5.99. The number of rotatable bonds is 2. The summed E-state index contributed by atoms with van der Waals surface area (Å²) >= 11 is 0. The Labute approximate surface area is 86.0 Å². The highest BCUT2D eigenvalue weighted by Gasteiger charge is 2.18. The molecule has 0 bridgehead atoms. The van der Waals surface area contributed by atoms with E-state index in [-0.39, 0.29) is 17.0 Å². The smallest absolute Gasteiger partial charge is 0.163 e. The fourth-order valence-corrected chi connectivity index (χ4v) is 1.44. The molecule has 5 heteroatoms. The molecular formula is C10H9NO4. The second-order valence-electron chi connectivity index (χ2n) is 3.16. The molecule has 0 atom stereocenters. The number of carbonyl (C=O) groups excluding carboxylic acids is 1. The van der Waals surface area contributed by atoms with Crippen LogP contribution in [0.4, 0.5) is 5.69 Å². The molecule has 0 spiro atoms. The largest absolute Gasteiger partial charge is 0.486 e. The average molecular weight is 207 g/mol. The minimum absolute atomic E-state index is 0.0896. The number of fused-ring (bicyclic) bond motifs is 1. The third-order valence-electron chi connectivity index (χ3n) is 2.14. The Hall–Kier alpha value is -1.91. The number of benzene rings is 1. The fraction of sp³-hybridized carbons (Fsp3) is 0.300. The van der Waals surface area contributed by atoms with Crippen molar-refractivity contribution in [1.29, 1.82) is 0 Å². The van der Waals surface area contributed by atoms with Gasteiger partial charge in [0.05, 0.1) is 5.56 Å². The van der Waals surface area contributed by atoms with E-state index >= 15 is 0 Å². The first kappa shape index (κ1) is 9.64. The third-order valence-corrected chi connectivity index (χ3v) is 2.14. The van der Waals surface area contributed by atoms with E-state index in [9.17, 15) is 9.70 Å². The Morgan fingerprint density at radius 3 is 2.40 bits per heavy atom. The SMILES string of the molecule is CC(=O)c1cc2c(cc1N=O)OCCO2. The van der Waals surface area contributed by atoms with Gasteiger partial charge in [0, 0.05) is 6.07 Å². The molecule has 2 rings (SSSR count). The predicted octanol–water partition coefficient (Wildman–Crippen LogP) is 2.06. The number of ether oxygens (including phenoxy) is 2. The van der Waals surface area contributed by atoms with Gasteiger partial charge in [0.1, 0.15) is 18.9 Å². The van der Waals surface area contributed by atoms with Gasteiger partial charge < -0.3 is 9.47 Å². The lowest BCUT2D eigenvalue weighted by Gasteiger charge is -2.18. The van der Waals surface area contributed by atoms with E-state index in [4.69, 9.17) is 9.47 Å². The topological polar surface area (TPSA) is 65.0 Å². The molecule has 15 heavy (non-hydrogen) atoms. The summed E-state index contributed by atoms with van der Waals surface area (Å²) in [5.74, 6) is 0.723. The summed E-state index contributed by atoms with van der Waals surface area (Å²) in [7, 11) is 0. The summed E-state index contributed by atoms with van der Waals surface area (Å²) in [5, 5.41) is 2.79. The van der Waals surface area contributed by atoms with E-state index < -0.39 is 0 Å².